The topological polar surface area (TPSA) is 190 Å². The maximum atomic E-state index is 12.4. The molecule has 0 spiro atoms. The average Bonchev–Trinajstić information content (AvgIpc) is 2.62. The highest BCUT2D eigenvalue weighted by Crippen LogP contribution is 1.99. The number of likely N-dealkylation sites (N-methyl/N-ethyl adjacent to an activating group) is 1. The van der Waals surface area contributed by atoms with Crippen molar-refractivity contribution < 1.29 is 23.9 Å². The van der Waals surface area contributed by atoms with E-state index in [4.69, 9.17) is 11.5 Å². The molecule has 0 aromatic heterocycles. The molecule has 12 nitrogen and oxygen atoms in total. The van der Waals surface area contributed by atoms with Gasteiger partial charge in [0.25, 0.3) is 0 Å². The molecule has 0 aliphatic heterocycles. The lowest BCUT2D eigenvalue weighted by Crippen LogP contribution is -2.52. The standard InChI is InChI=1S/C15H29N7O5/c1-9(23)20-8-12(24)22-10(5-4-6-19-15(16)17)13(25)21-7-11(18-2)14(26)27-3/h10-11,18H,4-8H2,1-3H3,(H,20,23)(H,21,25)(H,22,24)(H4,16,17,19). The Hall–Kier alpha value is -2.89. The minimum absolute atomic E-state index is 0.0199. The lowest BCUT2D eigenvalue weighted by Gasteiger charge is -2.20. The number of nitrogens with two attached hydrogens (primary N) is 2. The molecule has 0 rings (SSSR count). The zero-order valence-electron chi connectivity index (χ0n) is 15.8. The predicted molar refractivity (Wildman–Crippen MR) is 98.4 cm³/mol. The van der Waals surface area contributed by atoms with E-state index in [2.05, 4.69) is 31.0 Å². The van der Waals surface area contributed by atoms with Crippen LogP contribution in [0.1, 0.15) is 19.8 Å². The van der Waals surface area contributed by atoms with Crippen LogP contribution in [-0.2, 0) is 23.9 Å². The SMILES string of the molecule is CNC(CNC(=O)C(CCCN=C(N)N)NC(=O)CNC(C)=O)C(=O)OC. The summed E-state index contributed by atoms with van der Waals surface area (Å²) < 4.78 is 4.62. The largest absolute Gasteiger partial charge is 0.468 e. The van der Waals surface area contributed by atoms with E-state index in [1.807, 2.05) is 0 Å². The van der Waals surface area contributed by atoms with Gasteiger partial charge in [-0.15, -0.1) is 0 Å². The molecule has 12 heteroatoms. The number of amides is 3. The Morgan fingerprint density at radius 1 is 1.11 bits per heavy atom. The number of esters is 1. The molecule has 0 fully saturated rings. The molecule has 0 heterocycles. The van der Waals surface area contributed by atoms with Crippen molar-refractivity contribution in [3.8, 4) is 0 Å². The summed E-state index contributed by atoms with van der Waals surface area (Å²) in [6, 6.07) is -1.60. The minimum atomic E-state index is -0.879. The highest BCUT2D eigenvalue weighted by molar-refractivity contribution is 5.90. The fourth-order valence-corrected chi connectivity index (χ4v) is 1.99. The Morgan fingerprint density at radius 2 is 1.78 bits per heavy atom. The van der Waals surface area contributed by atoms with Gasteiger partial charge >= 0.3 is 5.97 Å². The Bertz CT molecular complexity index is 549. The second kappa shape index (κ2) is 13.3. The highest BCUT2D eigenvalue weighted by Gasteiger charge is 2.23. The van der Waals surface area contributed by atoms with E-state index in [0.717, 1.165) is 0 Å². The highest BCUT2D eigenvalue weighted by atomic mass is 16.5. The van der Waals surface area contributed by atoms with Crippen molar-refractivity contribution in [3.63, 3.8) is 0 Å². The summed E-state index contributed by atoms with van der Waals surface area (Å²) in [5, 5.41) is 10.2. The predicted octanol–water partition coefficient (Wildman–Crippen LogP) is -3.46. The number of ether oxygens (including phenoxy) is 1. The number of nitrogens with one attached hydrogen (secondary N) is 4. The molecule has 8 N–H and O–H groups in total. The van der Waals surface area contributed by atoms with Gasteiger partial charge < -0.3 is 37.5 Å². The molecular weight excluding hydrogens is 358 g/mol. The number of nitrogens with zero attached hydrogens (tertiary/aromatic N) is 1. The van der Waals surface area contributed by atoms with E-state index in [-0.39, 0.29) is 37.9 Å². The first kappa shape index (κ1) is 24.1. The van der Waals surface area contributed by atoms with Gasteiger partial charge in [-0.3, -0.25) is 24.2 Å². The molecule has 2 unspecified atom stereocenters. The number of carbonyl (C=O) groups excluding carboxylic acids is 4. The molecule has 0 aromatic rings. The van der Waals surface area contributed by atoms with Gasteiger partial charge in [-0.05, 0) is 19.9 Å². The second-order valence-corrected chi connectivity index (χ2v) is 5.59. The van der Waals surface area contributed by atoms with Crippen molar-refractivity contribution in [1.82, 2.24) is 21.3 Å². The van der Waals surface area contributed by atoms with Gasteiger partial charge in [0.2, 0.25) is 17.7 Å². The van der Waals surface area contributed by atoms with Crippen LogP contribution in [0.25, 0.3) is 0 Å². The van der Waals surface area contributed by atoms with Crippen LogP contribution in [0.5, 0.6) is 0 Å². The fraction of sp³-hybridized carbons (Fsp3) is 0.667. The third-order valence-corrected chi connectivity index (χ3v) is 3.41. The number of guanidine groups is 1. The number of methoxy groups -OCH3 is 1. The van der Waals surface area contributed by atoms with Crippen molar-refractivity contribution >= 4 is 29.7 Å². The summed E-state index contributed by atoms with van der Waals surface area (Å²) in [6.07, 6.45) is 0.694. The summed E-state index contributed by atoms with van der Waals surface area (Å²) in [6.45, 7) is 1.29. The summed E-state index contributed by atoms with van der Waals surface area (Å²) in [4.78, 5) is 50.5. The molecular formula is C15H29N7O5. The number of rotatable bonds is 12. The monoisotopic (exact) mass is 387 g/mol. The Kier molecular flexibility index (Phi) is 11.9. The number of hydrogen-bond donors (Lipinski definition) is 6. The Balaban J connectivity index is 4.79. The van der Waals surface area contributed by atoms with Crippen molar-refractivity contribution in [3.05, 3.63) is 0 Å². The van der Waals surface area contributed by atoms with Crippen LogP contribution in [-0.4, -0.2) is 75.5 Å². The number of hydrogen-bond acceptors (Lipinski definition) is 7. The fourth-order valence-electron chi connectivity index (χ4n) is 1.99. The zero-order valence-corrected chi connectivity index (χ0v) is 15.8. The van der Waals surface area contributed by atoms with Crippen LogP contribution >= 0.6 is 0 Å². The maximum Gasteiger partial charge on any atom is 0.324 e. The van der Waals surface area contributed by atoms with Crippen molar-refractivity contribution in [1.29, 1.82) is 0 Å². The molecule has 27 heavy (non-hydrogen) atoms. The van der Waals surface area contributed by atoms with Crippen LogP contribution in [0.4, 0.5) is 0 Å². The summed E-state index contributed by atoms with van der Waals surface area (Å²) in [5.74, 6) is -1.98. The van der Waals surface area contributed by atoms with Crippen molar-refractivity contribution in [2.45, 2.75) is 31.8 Å². The second-order valence-electron chi connectivity index (χ2n) is 5.59. The van der Waals surface area contributed by atoms with Gasteiger partial charge in [0.15, 0.2) is 5.96 Å². The Labute approximate surface area is 157 Å². The molecule has 0 radical (unpaired) electrons. The van der Waals surface area contributed by atoms with Crippen molar-refractivity contribution in [2.75, 3.05) is 33.8 Å². The third kappa shape index (κ3) is 11.4. The third-order valence-electron chi connectivity index (χ3n) is 3.41. The quantitative estimate of drug-likeness (QED) is 0.0861. The first-order valence-electron chi connectivity index (χ1n) is 8.33. The minimum Gasteiger partial charge on any atom is -0.468 e. The molecule has 0 aromatic carbocycles. The normalized spacial score (nSPS) is 12.3. The summed E-state index contributed by atoms with van der Waals surface area (Å²) in [5.41, 5.74) is 10.5. The van der Waals surface area contributed by atoms with Gasteiger partial charge in [0, 0.05) is 20.0 Å². The van der Waals surface area contributed by atoms with E-state index < -0.39 is 29.9 Å². The van der Waals surface area contributed by atoms with Crippen LogP contribution in [0.3, 0.4) is 0 Å². The van der Waals surface area contributed by atoms with Gasteiger partial charge in [0.1, 0.15) is 12.1 Å². The molecule has 2 atom stereocenters. The van der Waals surface area contributed by atoms with Crippen LogP contribution < -0.4 is 32.7 Å². The zero-order chi connectivity index (χ0) is 20.8. The van der Waals surface area contributed by atoms with Gasteiger partial charge in [0.05, 0.1) is 13.7 Å². The van der Waals surface area contributed by atoms with E-state index in [9.17, 15) is 19.2 Å². The molecule has 0 saturated carbocycles. The summed E-state index contributed by atoms with van der Waals surface area (Å²) >= 11 is 0. The van der Waals surface area contributed by atoms with Crippen molar-refractivity contribution in [2.24, 2.45) is 16.5 Å². The molecule has 0 aliphatic carbocycles. The first-order chi connectivity index (χ1) is 12.7. The van der Waals surface area contributed by atoms with Crippen LogP contribution in [0, 0.1) is 0 Å². The van der Waals surface area contributed by atoms with E-state index in [1.54, 1.807) is 7.05 Å². The van der Waals surface area contributed by atoms with E-state index in [0.29, 0.717) is 6.42 Å². The molecule has 0 saturated heterocycles. The number of carbonyl (C=O) groups is 4. The summed E-state index contributed by atoms with van der Waals surface area (Å²) in [7, 11) is 2.79. The van der Waals surface area contributed by atoms with Crippen LogP contribution in [0.15, 0.2) is 4.99 Å². The maximum absolute atomic E-state index is 12.4. The smallest absolute Gasteiger partial charge is 0.324 e. The van der Waals surface area contributed by atoms with E-state index >= 15 is 0 Å². The lowest BCUT2D eigenvalue weighted by atomic mass is 10.1. The van der Waals surface area contributed by atoms with Gasteiger partial charge in [-0.2, -0.15) is 0 Å². The Morgan fingerprint density at radius 3 is 2.30 bits per heavy atom. The van der Waals surface area contributed by atoms with E-state index in [1.165, 1.54) is 14.0 Å². The average molecular weight is 387 g/mol. The van der Waals surface area contributed by atoms with Crippen LogP contribution in [0.2, 0.25) is 0 Å². The molecule has 0 aliphatic rings. The molecule has 154 valence electrons. The molecule has 0 bridgehead atoms. The van der Waals surface area contributed by atoms with Gasteiger partial charge in [-0.1, -0.05) is 0 Å². The molecule has 3 amide bonds. The van der Waals surface area contributed by atoms with Gasteiger partial charge in [-0.25, -0.2) is 0 Å². The first-order valence-corrected chi connectivity index (χ1v) is 8.33. The number of aliphatic imine (C=N–C) groups is 1. The lowest BCUT2D eigenvalue weighted by molar-refractivity contribution is -0.143.